The monoisotopic (exact) mass is 305 g/mol. The molecule has 1 aromatic carbocycles. The zero-order valence-electron chi connectivity index (χ0n) is 12.9. The Labute approximate surface area is 130 Å². The van der Waals surface area contributed by atoms with Crippen LogP contribution in [0, 0.1) is 0 Å². The Hall–Kier alpha value is -1.59. The van der Waals surface area contributed by atoms with Crippen LogP contribution in [-0.4, -0.2) is 30.6 Å². The molecule has 1 heterocycles. The van der Waals surface area contributed by atoms with Crippen LogP contribution in [0.3, 0.4) is 0 Å². The highest BCUT2D eigenvalue weighted by molar-refractivity contribution is 7.15. The van der Waals surface area contributed by atoms with Gasteiger partial charge in [-0.05, 0) is 31.2 Å². The van der Waals surface area contributed by atoms with Gasteiger partial charge in [0.1, 0.15) is 5.75 Å². The fourth-order valence-electron chi connectivity index (χ4n) is 2.10. The molecule has 21 heavy (non-hydrogen) atoms. The zero-order chi connectivity index (χ0) is 15.1. The van der Waals surface area contributed by atoms with Crippen LogP contribution in [0.1, 0.15) is 23.8 Å². The summed E-state index contributed by atoms with van der Waals surface area (Å²) >= 11 is 1.73. The Kier molecular flexibility index (Phi) is 6.02. The van der Waals surface area contributed by atoms with Crippen molar-refractivity contribution in [3.8, 4) is 5.75 Å². The van der Waals surface area contributed by atoms with E-state index in [2.05, 4.69) is 41.3 Å². The van der Waals surface area contributed by atoms with Crippen molar-refractivity contribution in [1.82, 2.24) is 9.88 Å². The largest absolute Gasteiger partial charge is 0.497 e. The van der Waals surface area contributed by atoms with Crippen LogP contribution in [0.2, 0.25) is 0 Å². The number of methoxy groups -OCH3 is 1. The second kappa shape index (κ2) is 8.00. The first-order chi connectivity index (χ1) is 10.2. The predicted molar refractivity (Wildman–Crippen MR) is 89.1 cm³/mol. The number of ether oxygens (including phenoxy) is 1. The van der Waals surface area contributed by atoms with E-state index in [-0.39, 0.29) is 0 Å². The summed E-state index contributed by atoms with van der Waals surface area (Å²) in [5, 5.41) is 4.34. The van der Waals surface area contributed by atoms with Gasteiger partial charge in [0.2, 0.25) is 0 Å². The van der Waals surface area contributed by atoms with Crippen molar-refractivity contribution < 1.29 is 4.74 Å². The minimum atomic E-state index is 0.896. The molecular weight excluding hydrogens is 282 g/mol. The lowest BCUT2D eigenvalue weighted by Crippen LogP contribution is -2.16. The molecule has 0 unspecified atom stereocenters. The van der Waals surface area contributed by atoms with E-state index in [4.69, 9.17) is 4.74 Å². The first-order valence-corrected chi connectivity index (χ1v) is 8.03. The van der Waals surface area contributed by atoms with Gasteiger partial charge in [-0.25, -0.2) is 4.98 Å². The van der Waals surface area contributed by atoms with Crippen LogP contribution in [0.5, 0.6) is 5.75 Å². The van der Waals surface area contributed by atoms with Gasteiger partial charge >= 0.3 is 0 Å². The summed E-state index contributed by atoms with van der Waals surface area (Å²) in [5.41, 5.74) is 1.26. The summed E-state index contributed by atoms with van der Waals surface area (Å²) in [6.45, 7) is 4.94. The van der Waals surface area contributed by atoms with Crippen LogP contribution >= 0.6 is 11.3 Å². The number of rotatable bonds is 8. The molecule has 0 fully saturated rings. The van der Waals surface area contributed by atoms with Crippen LogP contribution in [0.15, 0.2) is 30.5 Å². The minimum Gasteiger partial charge on any atom is -0.497 e. The number of thiazole rings is 1. The van der Waals surface area contributed by atoms with Crippen molar-refractivity contribution >= 4 is 16.5 Å². The van der Waals surface area contributed by atoms with E-state index in [0.717, 1.165) is 36.9 Å². The quantitative estimate of drug-likeness (QED) is 0.808. The molecule has 2 aromatic rings. The number of hydrogen-bond donors (Lipinski definition) is 1. The first-order valence-electron chi connectivity index (χ1n) is 7.21. The lowest BCUT2D eigenvalue weighted by molar-refractivity contribution is 0.321. The fourth-order valence-corrected chi connectivity index (χ4v) is 3.02. The second-order valence-electron chi connectivity index (χ2n) is 5.08. The van der Waals surface area contributed by atoms with Crippen LogP contribution < -0.4 is 10.1 Å². The molecule has 4 nitrogen and oxygen atoms in total. The third-order valence-electron chi connectivity index (χ3n) is 3.09. The molecular formula is C16H23N3OS. The van der Waals surface area contributed by atoms with Gasteiger partial charge in [-0.3, -0.25) is 4.90 Å². The Morgan fingerprint density at radius 2 is 2.19 bits per heavy atom. The molecule has 2 rings (SSSR count). The summed E-state index contributed by atoms with van der Waals surface area (Å²) in [7, 11) is 3.82. The van der Waals surface area contributed by atoms with Crippen LogP contribution in [0.4, 0.5) is 5.13 Å². The van der Waals surface area contributed by atoms with Crippen molar-refractivity contribution in [2.24, 2.45) is 0 Å². The molecule has 0 aliphatic carbocycles. The van der Waals surface area contributed by atoms with Crippen molar-refractivity contribution in [3.63, 3.8) is 0 Å². The summed E-state index contributed by atoms with van der Waals surface area (Å²) in [4.78, 5) is 7.96. The van der Waals surface area contributed by atoms with Gasteiger partial charge < -0.3 is 10.1 Å². The second-order valence-corrected chi connectivity index (χ2v) is 6.20. The number of nitrogens with zero attached hydrogens (tertiary/aromatic N) is 2. The highest BCUT2D eigenvalue weighted by Crippen LogP contribution is 2.20. The number of hydrogen-bond acceptors (Lipinski definition) is 5. The fraction of sp³-hybridized carbons (Fsp3) is 0.438. The lowest BCUT2D eigenvalue weighted by Gasteiger charge is -2.15. The van der Waals surface area contributed by atoms with E-state index < -0.39 is 0 Å². The number of anilines is 1. The molecule has 0 amide bonds. The molecule has 0 aliphatic rings. The zero-order valence-corrected chi connectivity index (χ0v) is 13.7. The molecule has 0 atom stereocenters. The van der Waals surface area contributed by atoms with Gasteiger partial charge in [0, 0.05) is 30.7 Å². The van der Waals surface area contributed by atoms with E-state index >= 15 is 0 Å². The van der Waals surface area contributed by atoms with Gasteiger partial charge in [0.15, 0.2) is 5.13 Å². The summed E-state index contributed by atoms with van der Waals surface area (Å²) in [6, 6.07) is 8.21. The van der Waals surface area contributed by atoms with Gasteiger partial charge in [-0.1, -0.05) is 19.1 Å². The van der Waals surface area contributed by atoms with Gasteiger partial charge in [0.05, 0.1) is 7.11 Å². The normalized spacial score (nSPS) is 10.9. The molecule has 114 valence electrons. The molecule has 0 radical (unpaired) electrons. The summed E-state index contributed by atoms with van der Waals surface area (Å²) in [5.74, 6) is 0.907. The van der Waals surface area contributed by atoms with E-state index in [1.54, 1.807) is 18.4 Å². The minimum absolute atomic E-state index is 0.896. The number of aromatic nitrogens is 1. The molecule has 1 N–H and O–H groups in total. The third-order valence-corrected chi connectivity index (χ3v) is 4.03. The maximum Gasteiger partial charge on any atom is 0.182 e. The average molecular weight is 305 g/mol. The van der Waals surface area contributed by atoms with Crippen molar-refractivity contribution in [2.75, 3.05) is 26.0 Å². The molecule has 0 bridgehead atoms. The van der Waals surface area contributed by atoms with Crippen LogP contribution in [-0.2, 0) is 13.1 Å². The molecule has 0 aliphatic heterocycles. The molecule has 0 saturated heterocycles. The van der Waals surface area contributed by atoms with E-state index in [9.17, 15) is 0 Å². The van der Waals surface area contributed by atoms with Crippen LogP contribution in [0.25, 0.3) is 0 Å². The SMILES string of the molecule is CCCNc1ncc(CN(C)Cc2cccc(OC)c2)s1. The lowest BCUT2D eigenvalue weighted by atomic mass is 10.2. The molecule has 5 heteroatoms. The van der Waals surface area contributed by atoms with Gasteiger partial charge in [-0.2, -0.15) is 0 Å². The molecule has 0 spiro atoms. The first kappa shape index (κ1) is 15.8. The summed E-state index contributed by atoms with van der Waals surface area (Å²) in [6.07, 6.45) is 3.08. The van der Waals surface area contributed by atoms with E-state index in [1.165, 1.54) is 10.4 Å². The van der Waals surface area contributed by atoms with Crippen molar-refractivity contribution in [3.05, 3.63) is 40.9 Å². The third kappa shape index (κ3) is 5.02. The molecule has 1 aromatic heterocycles. The highest BCUT2D eigenvalue weighted by Gasteiger charge is 2.06. The maximum absolute atomic E-state index is 5.26. The van der Waals surface area contributed by atoms with E-state index in [1.807, 2.05) is 18.3 Å². The van der Waals surface area contributed by atoms with Crippen molar-refractivity contribution in [2.45, 2.75) is 26.4 Å². The van der Waals surface area contributed by atoms with Gasteiger partial charge in [0.25, 0.3) is 0 Å². The van der Waals surface area contributed by atoms with E-state index in [0.29, 0.717) is 0 Å². The Bertz CT molecular complexity index is 556. The summed E-state index contributed by atoms with van der Waals surface area (Å²) < 4.78 is 5.26. The number of benzene rings is 1. The maximum atomic E-state index is 5.26. The smallest absolute Gasteiger partial charge is 0.182 e. The molecule has 0 saturated carbocycles. The Morgan fingerprint density at radius 1 is 1.33 bits per heavy atom. The Morgan fingerprint density at radius 3 is 2.95 bits per heavy atom. The predicted octanol–water partition coefficient (Wildman–Crippen LogP) is 3.61. The topological polar surface area (TPSA) is 37.4 Å². The van der Waals surface area contributed by atoms with Crippen molar-refractivity contribution in [1.29, 1.82) is 0 Å². The standard InChI is InChI=1S/C16H23N3OS/c1-4-8-17-16-18-10-15(21-16)12-19(2)11-13-6-5-7-14(9-13)20-3/h5-7,9-10H,4,8,11-12H2,1-3H3,(H,17,18). The average Bonchev–Trinajstić information content (AvgIpc) is 2.92. The Balaban J connectivity index is 1.88. The van der Waals surface area contributed by atoms with Gasteiger partial charge in [-0.15, -0.1) is 11.3 Å². The number of nitrogens with one attached hydrogen (secondary N) is 1. The highest BCUT2D eigenvalue weighted by atomic mass is 32.1.